The quantitative estimate of drug-likeness (QED) is 0.862. The first kappa shape index (κ1) is 13.0. The predicted octanol–water partition coefficient (Wildman–Crippen LogP) is 1.95. The van der Waals surface area contributed by atoms with Crippen molar-refractivity contribution in [2.75, 3.05) is 31.2 Å². The van der Waals surface area contributed by atoms with Crippen molar-refractivity contribution in [3.05, 3.63) is 33.5 Å². The van der Waals surface area contributed by atoms with Gasteiger partial charge in [-0.05, 0) is 25.5 Å². The van der Waals surface area contributed by atoms with Gasteiger partial charge in [-0.1, -0.05) is 0 Å². The zero-order chi connectivity index (χ0) is 14.3. The van der Waals surface area contributed by atoms with E-state index in [9.17, 15) is 9.90 Å². The Bertz CT molecular complexity index is 714. The van der Waals surface area contributed by atoms with E-state index in [0.29, 0.717) is 54.3 Å². The number of anilines is 1. The normalized spacial score (nSPS) is 15.8. The molecule has 1 aromatic heterocycles. The van der Waals surface area contributed by atoms with E-state index in [-0.39, 0.29) is 11.2 Å². The molecule has 20 heavy (non-hydrogen) atoms. The molecule has 0 radical (unpaired) electrons. The standard InChI is InChI=1S/C15H17NO4/c1-9-7-11-12(17)8-13(16-3-5-19-6-4-16)20-15(11)10(2)14(9)18/h7-8,18H,3-6H2,1-2H3. The lowest BCUT2D eigenvalue weighted by Crippen LogP contribution is -2.36. The van der Waals surface area contributed by atoms with Gasteiger partial charge in [0.25, 0.3) is 0 Å². The van der Waals surface area contributed by atoms with Crippen LogP contribution in [-0.4, -0.2) is 31.4 Å². The number of benzene rings is 1. The Kier molecular flexibility index (Phi) is 3.14. The Morgan fingerprint density at radius 1 is 1.20 bits per heavy atom. The van der Waals surface area contributed by atoms with Gasteiger partial charge in [0.05, 0.1) is 18.6 Å². The molecule has 0 bridgehead atoms. The van der Waals surface area contributed by atoms with Crippen LogP contribution in [0.3, 0.4) is 0 Å². The summed E-state index contributed by atoms with van der Waals surface area (Å²) in [6.07, 6.45) is 0. The molecule has 0 amide bonds. The third kappa shape index (κ3) is 2.04. The second-order valence-electron chi connectivity index (χ2n) is 5.09. The second-order valence-corrected chi connectivity index (χ2v) is 5.09. The number of aryl methyl sites for hydroxylation is 2. The highest BCUT2D eigenvalue weighted by Crippen LogP contribution is 2.30. The molecule has 5 nitrogen and oxygen atoms in total. The highest BCUT2D eigenvalue weighted by atomic mass is 16.5. The van der Waals surface area contributed by atoms with Crippen molar-refractivity contribution in [1.29, 1.82) is 0 Å². The minimum absolute atomic E-state index is 0.0843. The lowest BCUT2D eigenvalue weighted by atomic mass is 10.1. The van der Waals surface area contributed by atoms with Gasteiger partial charge >= 0.3 is 0 Å². The van der Waals surface area contributed by atoms with Crippen LogP contribution in [0.15, 0.2) is 21.3 Å². The number of ether oxygens (including phenoxy) is 1. The van der Waals surface area contributed by atoms with Gasteiger partial charge in [-0.25, -0.2) is 0 Å². The number of morpholine rings is 1. The van der Waals surface area contributed by atoms with Crippen molar-refractivity contribution in [3.8, 4) is 5.75 Å². The van der Waals surface area contributed by atoms with Crippen molar-refractivity contribution in [3.63, 3.8) is 0 Å². The molecular weight excluding hydrogens is 258 g/mol. The third-order valence-corrected chi connectivity index (χ3v) is 3.72. The van der Waals surface area contributed by atoms with Crippen molar-refractivity contribution in [1.82, 2.24) is 0 Å². The number of hydrogen-bond donors (Lipinski definition) is 1. The smallest absolute Gasteiger partial charge is 0.200 e. The molecule has 0 saturated carbocycles. The summed E-state index contributed by atoms with van der Waals surface area (Å²) in [4.78, 5) is 14.2. The number of fused-ring (bicyclic) bond motifs is 1. The summed E-state index contributed by atoms with van der Waals surface area (Å²) in [5.41, 5.74) is 1.66. The predicted molar refractivity (Wildman–Crippen MR) is 76.7 cm³/mol. The number of rotatable bonds is 1. The number of phenols is 1. The van der Waals surface area contributed by atoms with E-state index in [1.165, 1.54) is 6.07 Å². The van der Waals surface area contributed by atoms with Crippen molar-refractivity contribution in [2.24, 2.45) is 0 Å². The molecule has 0 unspecified atom stereocenters. The van der Waals surface area contributed by atoms with Crippen LogP contribution in [0.25, 0.3) is 11.0 Å². The zero-order valence-corrected chi connectivity index (χ0v) is 11.6. The van der Waals surface area contributed by atoms with Gasteiger partial charge in [0.2, 0.25) is 0 Å². The fraction of sp³-hybridized carbons (Fsp3) is 0.400. The van der Waals surface area contributed by atoms with Crippen molar-refractivity contribution in [2.45, 2.75) is 13.8 Å². The fourth-order valence-electron chi connectivity index (χ4n) is 2.53. The van der Waals surface area contributed by atoms with Crippen LogP contribution < -0.4 is 10.3 Å². The maximum atomic E-state index is 12.3. The molecule has 0 spiro atoms. The SMILES string of the molecule is Cc1cc2c(=O)cc(N3CCOCC3)oc2c(C)c1O. The van der Waals surface area contributed by atoms with E-state index in [0.717, 1.165) is 0 Å². The van der Waals surface area contributed by atoms with Crippen molar-refractivity contribution < 1.29 is 14.3 Å². The monoisotopic (exact) mass is 275 g/mol. The molecule has 3 rings (SSSR count). The summed E-state index contributed by atoms with van der Waals surface area (Å²) in [5.74, 6) is 0.719. The summed E-state index contributed by atoms with van der Waals surface area (Å²) in [6, 6.07) is 3.19. The second kappa shape index (κ2) is 4.83. The summed E-state index contributed by atoms with van der Waals surface area (Å²) < 4.78 is 11.2. The molecule has 0 aliphatic carbocycles. The van der Waals surface area contributed by atoms with Gasteiger partial charge in [-0.15, -0.1) is 0 Å². The van der Waals surface area contributed by atoms with Crippen LogP contribution in [-0.2, 0) is 4.74 Å². The molecule has 106 valence electrons. The summed E-state index contributed by atoms with van der Waals surface area (Å²) in [6.45, 7) is 6.18. The molecule has 1 saturated heterocycles. The number of nitrogens with zero attached hydrogens (tertiary/aromatic N) is 1. The van der Waals surface area contributed by atoms with Crippen LogP contribution in [0.5, 0.6) is 5.75 Å². The van der Waals surface area contributed by atoms with Crippen molar-refractivity contribution >= 4 is 16.9 Å². The average molecular weight is 275 g/mol. The Balaban J connectivity index is 2.20. The largest absolute Gasteiger partial charge is 0.507 e. The molecule has 5 heteroatoms. The first-order valence-corrected chi connectivity index (χ1v) is 6.67. The maximum Gasteiger partial charge on any atom is 0.200 e. The molecule has 2 heterocycles. The minimum atomic E-state index is -0.0843. The molecule has 1 N–H and O–H groups in total. The highest BCUT2D eigenvalue weighted by Gasteiger charge is 2.17. The Morgan fingerprint density at radius 3 is 2.60 bits per heavy atom. The van der Waals surface area contributed by atoms with Gasteiger partial charge < -0.3 is 19.2 Å². The Hall–Kier alpha value is -2.01. The van der Waals surface area contributed by atoms with E-state index in [2.05, 4.69) is 0 Å². The Morgan fingerprint density at radius 2 is 1.90 bits per heavy atom. The van der Waals surface area contributed by atoms with E-state index in [4.69, 9.17) is 9.15 Å². The minimum Gasteiger partial charge on any atom is -0.507 e. The number of hydrogen-bond acceptors (Lipinski definition) is 5. The number of phenolic OH excluding ortho intramolecular Hbond substituents is 1. The Labute approximate surface area is 116 Å². The topological polar surface area (TPSA) is 62.9 Å². The van der Waals surface area contributed by atoms with Gasteiger partial charge in [0.1, 0.15) is 11.3 Å². The third-order valence-electron chi connectivity index (χ3n) is 3.72. The fourth-order valence-corrected chi connectivity index (χ4v) is 2.53. The molecular formula is C15H17NO4. The van der Waals surface area contributed by atoms with Crippen LogP contribution in [0.4, 0.5) is 5.88 Å². The molecule has 1 aliphatic heterocycles. The molecule has 1 fully saturated rings. The van der Waals surface area contributed by atoms with Crippen LogP contribution in [0.2, 0.25) is 0 Å². The van der Waals surface area contributed by atoms with Gasteiger partial charge in [-0.2, -0.15) is 0 Å². The van der Waals surface area contributed by atoms with Crippen LogP contribution in [0.1, 0.15) is 11.1 Å². The summed E-state index contributed by atoms with van der Waals surface area (Å²) >= 11 is 0. The van der Waals surface area contributed by atoms with Gasteiger partial charge in [0.15, 0.2) is 11.3 Å². The number of aromatic hydroxyl groups is 1. The average Bonchev–Trinajstić information content (AvgIpc) is 2.47. The lowest BCUT2D eigenvalue weighted by Gasteiger charge is -2.27. The van der Waals surface area contributed by atoms with E-state index in [1.807, 2.05) is 4.90 Å². The lowest BCUT2D eigenvalue weighted by molar-refractivity contribution is 0.121. The molecule has 1 aromatic carbocycles. The van der Waals surface area contributed by atoms with Crippen LogP contribution in [0, 0.1) is 13.8 Å². The molecule has 0 atom stereocenters. The summed E-state index contributed by atoms with van der Waals surface area (Å²) in [7, 11) is 0. The van der Waals surface area contributed by atoms with Gasteiger partial charge in [0, 0.05) is 24.7 Å². The van der Waals surface area contributed by atoms with Crippen LogP contribution >= 0.6 is 0 Å². The molecule has 2 aromatic rings. The van der Waals surface area contributed by atoms with E-state index < -0.39 is 0 Å². The first-order valence-electron chi connectivity index (χ1n) is 6.67. The molecule has 1 aliphatic rings. The maximum absolute atomic E-state index is 12.3. The summed E-state index contributed by atoms with van der Waals surface area (Å²) in [5, 5.41) is 10.5. The zero-order valence-electron chi connectivity index (χ0n) is 11.6. The van der Waals surface area contributed by atoms with E-state index in [1.54, 1.807) is 19.9 Å². The van der Waals surface area contributed by atoms with Gasteiger partial charge in [-0.3, -0.25) is 4.79 Å². The highest BCUT2D eigenvalue weighted by molar-refractivity contribution is 5.84. The first-order chi connectivity index (χ1) is 9.58. The van der Waals surface area contributed by atoms with E-state index >= 15 is 0 Å².